The van der Waals surface area contributed by atoms with Gasteiger partial charge in [0.05, 0.1) is 0 Å². The van der Waals surface area contributed by atoms with E-state index < -0.39 is 0 Å². The zero-order valence-electron chi connectivity index (χ0n) is 13.7. The van der Waals surface area contributed by atoms with E-state index in [0.717, 1.165) is 19.0 Å². The molecule has 2 nitrogen and oxygen atoms in total. The highest BCUT2D eigenvalue weighted by Crippen LogP contribution is 2.35. The SMILES string of the molecule is CCN(c1cccc(C)c1)C1CCC1CNC(C)(C)C. The molecule has 0 amide bonds. The van der Waals surface area contributed by atoms with E-state index in [1.807, 2.05) is 0 Å². The standard InChI is InChI=1S/C18H30N2/c1-6-20(16-9-7-8-14(2)12-16)17-11-10-15(17)13-19-18(3,4)5/h7-9,12,15,17,19H,6,10-11,13H2,1-5H3. The molecule has 2 unspecified atom stereocenters. The summed E-state index contributed by atoms with van der Waals surface area (Å²) < 4.78 is 0. The van der Waals surface area contributed by atoms with E-state index in [9.17, 15) is 0 Å². The first-order valence-electron chi connectivity index (χ1n) is 7.99. The number of benzene rings is 1. The first-order chi connectivity index (χ1) is 9.40. The van der Waals surface area contributed by atoms with E-state index >= 15 is 0 Å². The molecule has 2 rings (SSSR count). The molecule has 20 heavy (non-hydrogen) atoms. The maximum atomic E-state index is 3.67. The first-order valence-corrected chi connectivity index (χ1v) is 7.99. The minimum absolute atomic E-state index is 0.223. The fourth-order valence-electron chi connectivity index (χ4n) is 3.05. The Hall–Kier alpha value is -1.02. The van der Waals surface area contributed by atoms with Crippen molar-refractivity contribution in [3.8, 4) is 0 Å². The van der Waals surface area contributed by atoms with Crippen molar-refractivity contribution in [3.05, 3.63) is 29.8 Å². The monoisotopic (exact) mass is 274 g/mol. The molecule has 1 fully saturated rings. The molecule has 2 atom stereocenters. The van der Waals surface area contributed by atoms with Crippen LogP contribution in [0, 0.1) is 12.8 Å². The fraction of sp³-hybridized carbons (Fsp3) is 0.667. The summed E-state index contributed by atoms with van der Waals surface area (Å²) in [5, 5.41) is 3.67. The summed E-state index contributed by atoms with van der Waals surface area (Å²) in [6.45, 7) is 13.4. The molecule has 0 saturated heterocycles. The Kier molecular flexibility index (Phi) is 4.74. The van der Waals surface area contributed by atoms with Gasteiger partial charge in [-0.15, -0.1) is 0 Å². The molecule has 1 aromatic rings. The summed E-state index contributed by atoms with van der Waals surface area (Å²) in [4.78, 5) is 2.59. The zero-order valence-corrected chi connectivity index (χ0v) is 13.7. The van der Waals surface area contributed by atoms with Crippen LogP contribution in [0.25, 0.3) is 0 Å². The summed E-state index contributed by atoms with van der Waals surface area (Å²) in [5.41, 5.74) is 2.96. The molecule has 1 aliphatic carbocycles. The average molecular weight is 274 g/mol. The van der Waals surface area contributed by atoms with Gasteiger partial charge in [-0.1, -0.05) is 12.1 Å². The number of rotatable bonds is 5. The summed E-state index contributed by atoms with van der Waals surface area (Å²) >= 11 is 0. The average Bonchev–Trinajstić information content (AvgIpc) is 2.32. The normalized spacial score (nSPS) is 22.4. The van der Waals surface area contributed by atoms with Crippen LogP contribution in [0.4, 0.5) is 5.69 Å². The number of nitrogens with zero attached hydrogens (tertiary/aromatic N) is 1. The molecular formula is C18H30N2. The van der Waals surface area contributed by atoms with Crippen molar-refractivity contribution in [1.82, 2.24) is 5.32 Å². The predicted octanol–water partition coefficient (Wildman–Crippen LogP) is 3.99. The van der Waals surface area contributed by atoms with Crippen molar-refractivity contribution in [2.75, 3.05) is 18.0 Å². The van der Waals surface area contributed by atoms with Crippen LogP contribution < -0.4 is 10.2 Å². The maximum absolute atomic E-state index is 3.67. The van der Waals surface area contributed by atoms with Gasteiger partial charge in [0.1, 0.15) is 0 Å². The number of aryl methyl sites for hydroxylation is 1. The van der Waals surface area contributed by atoms with Gasteiger partial charge in [0, 0.05) is 30.4 Å². The largest absolute Gasteiger partial charge is 0.368 e. The first kappa shape index (κ1) is 15.4. The van der Waals surface area contributed by atoms with Crippen molar-refractivity contribution >= 4 is 5.69 Å². The van der Waals surface area contributed by atoms with Gasteiger partial charge in [-0.05, 0) is 71.1 Å². The van der Waals surface area contributed by atoms with Crippen LogP contribution in [0.1, 0.15) is 46.1 Å². The van der Waals surface area contributed by atoms with Crippen LogP contribution >= 0.6 is 0 Å². The molecule has 0 heterocycles. The van der Waals surface area contributed by atoms with Crippen molar-refractivity contribution in [1.29, 1.82) is 0 Å². The Morgan fingerprint density at radius 1 is 1.25 bits per heavy atom. The summed E-state index contributed by atoms with van der Waals surface area (Å²) in [7, 11) is 0. The Morgan fingerprint density at radius 2 is 2.00 bits per heavy atom. The van der Waals surface area contributed by atoms with Crippen LogP contribution in [0.2, 0.25) is 0 Å². The molecule has 0 aromatic heterocycles. The Labute approximate surface area is 124 Å². The molecular weight excluding hydrogens is 244 g/mol. The molecule has 0 spiro atoms. The Bertz CT molecular complexity index is 433. The van der Waals surface area contributed by atoms with Crippen LogP contribution in [0.15, 0.2) is 24.3 Å². The van der Waals surface area contributed by atoms with Gasteiger partial charge in [-0.3, -0.25) is 0 Å². The van der Waals surface area contributed by atoms with Crippen molar-refractivity contribution in [2.24, 2.45) is 5.92 Å². The lowest BCUT2D eigenvalue weighted by molar-refractivity contribution is 0.217. The minimum atomic E-state index is 0.223. The number of nitrogens with one attached hydrogen (secondary N) is 1. The van der Waals surface area contributed by atoms with E-state index in [4.69, 9.17) is 0 Å². The zero-order chi connectivity index (χ0) is 14.8. The topological polar surface area (TPSA) is 15.3 Å². The molecule has 1 aromatic carbocycles. The highest BCUT2D eigenvalue weighted by Gasteiger charge is 2.35. The Balaban J connectivity index is 2.01. The van der Waals surface area contributed by atoms with Gasteiger partial charge in [-0.25, -0.2) is 0 Å². The lowest BCUT2D eigenvalue weighted by Crippen LogP contribution is -2.53. The molecule has 0 bridgehead atoms. The van der Waals surface area contributed by atoms with Crippen LogP contribution in [-0.4, -0.2) is 24.7 Å². The molecule has 1 N–H and O–H groups in total. The third kappa shape index (κ3) is 3.76. The van der Waals surface area contributed by atoms with Gasteiger partial charge < -0.3 is 10.2 Å². The van der Waals surface area contributed by atoms with E-state index in [1.54, 1.807) is 0 Å². The summed E-state index contributed by atoms with van der Waals surface area (Å²) in [6, 6.07) is 9.63. The van der Waals surface area contributed by atoms with Crippen molar-refractivity contribution in [2.45, 2.75) is 59.0 Å². The van der Waals surface area contributed by atoms with Gasteiger partial charge >= 0.3 is 0 Å². The lowest BCUT2D eigenvalue weighted by Gasteiger charge is -2.46. The van der Waals surface area contributed by atoms with E-state index in [0.29, 0.717) is 6.04 Å². The molecule has 1 saturated carbocycles. The van der Waals surface area contributed by atoms with Crippen LogP contribution in [-0.2, 0) is 0 Å². The number of anilines is 1. The third-order valence-corrected chi connectivity index (χ3v) is 4.35. The van der Waals surface area contributed by atoms with Gasteiger partial charge in [0.25, 0.3) is 0 Å². The highest BCUT2D eigenvalue weighted by molar-refractivity contribution is 5.50. The smallest absolute Gasteiger partial charge is 0.0371 e. The second-order valence-electron chi connectivity index (χ2n) is 7.16. The molecule has 112 valence electrons. The van der Waals surface area contributed by atoms with Crippen molar-refractivity contribution < 1.29 is 0 Å². The summed E-state index contributed by atoms with van der Waals surface area (Å²) in [6.07, 6.45) is 2.69. The van der Waals surface area contributed by atoms with E-state index in [-0.39, 0.29) is 5.54 Å². The predicted molar refractivity (Wildman–Crippen MR) is 88.5 cm³/mol. The number of hydrogen-bond acceptors (Lipinski definition) is 2. The van der Waals surface area contributed by atoms with E-state index in [1.165, 1.54) is 24.1 Å². The fourth-order valence-corrected chi connectivity index (χ4v) is 3.05. The molecule has 0 aliphatic heterocycles. The van der Waals surface area contributed by atoms with Gasteiger partial charge in [0.2, 0.25) is 0 Å². The van der Waals surface area contributed by atoms with Gasteiger partial charge in [-0.2, -0.15) is 0 Å². The van der Waals surface area contributed by atoms with Crippen LogP contribution in [0.3, 0.4) is 0 Å². The minimum Gasteiger partial charge on any atom is -0.368 e. The second-order valence-corrected chi connectivity index (χ2v) is 7.16. The Morgan fingerprint density at radius 3 is 2.50 bits per heavy atom. The molecule has 1 aliphatic rings. The lowest BCUT2D eigenvalue weighted by atomic mass is 9.77. The van der Waals surface area contributed by atoms with Gasteiger partial charge in [0.15, 0.2) is 0 Å². The highest BCUT2D eigenvalue weighted by atomic mass is 15.2. The maximum Gasteiger partial charge on any atom is 0.0371 e. The van der Waals surface area contributed by atoms with Crippen molar-refractivity contribution in [3.63, 3.8) is 0 Å². The summed E-state index contributed by atoms with van der Waals surface area (Å²) in [5.74, 6) is 0.787. The molecule has 0 radical (unpaired) electrons. The third-order valence-electron chi connectivity index (χ3n) is 4.35. The van der Waals surface area contributed by atoms with Crippen LogP contribution in [0.5, 0.6) is 0 Å². The number of hydrogen-bond donors (Lipinski definition) is 1. The second kappa shape index (κ2) is 6.17. The quantitative estimate of drug-likeness (QED) is 0.873. The molecule has 2 heteroatoms. The van der Waals surface area contributed by atoms with E-state index in [2.05, 4.69) is 69.1 Å².